The van der Waals surface area contributed by atoms with Crippen LogP contribution in [0.2, 0.25) is 0 Å². The number of nitrogens with zero attached hydrogens (tertiary/aromatic N) is 6. The summed E-state index contributed by atoms with van der Waals surface area (Å²) in [6.45, 7) is 4.45. The molecule has 4 aromatic rings. The van der Waals surface area contributed by atoms with Gasteiger partial charge in [-0.1, -0.05) is 18.2 Å². The molecular formula is C29H30N6O2. The minimum Gasteiger partial charge on any atom is -0.494 e. The molecule has 5 heterocycles. The van der Waals surface area contributed by atoms with Crippen LogP contribution in [0.15, 0.2) is 73.3 Å². The molecule has 6 rings (SSSR count). The molecule has 188 valence electrons. The maximum atomic E-state index is 6.14. The van der Waals surface area contributed by atoms with Gasteiger partial charge in [0.05, 0.1) is 25.5 Å². The van der Waals surface area contributed by atoms with Gasteiger partial charge in [0, 0.05) is 61.2 Å². The lowest BCUT2D eigenvalue weighted by molar-refractivity contribution is 0.122. The third-order valence-corrected chi connectivity index (χ3v) is 6.79. The van der Waals surface area contributed by atoms with Crippen molar-refractivity contribution in [2.24, 2.45) is 0 Å². The lowest BCUT2D eigenvalue weighted by atomic mass is 10.1. The van der Waals surface area contributed by atoms with E-state index in [0.29, 0.717) is 19.8 Å². The second-order valence-corrected chi connectivity index (χ2v) is 9.22. The number of anilines is 3. The Morgan fingerprint density at radius 2 is 1.78 bits per heavy atom. The Morgan fingerprint density at radius 1 is 0.892 bits per heavy atom. The molecule has 0 amide bonds. The number of benzene rings is 1. The molecule has 0 aliphatic carbocycles. The molecular weight excluding hydrogens is 464 g/mol. The summed E-state index contributed by atoms with van der Waals surface area (Å²) in [5, 5.41) is 0. The Labute approximate surface area is 217 Å². The number of aryl methyl sites for hydroxylation is 1. The summed E-state index contributed by atoms with van der Waals surface area (Å²) in [5.41, 5.74) is 5.52. The number of aromatic nitrogens is 4. The summed E-state index contributed by atoms with van der Waals surface area (Å²) in [7, 11) is 0. The van der Waals surface area contributed by atoms with Gasteiger partial charge >= 0.3 is 0 Å². The quantitative estimate of drug-likeness (QED) is 0.332. The average Bonchev–Trinajstić information content (AvgIpc) is 3.41. The highest BCUT2D eigenvalue weighted by molar-refractivity contribution is 5.77. The highest BCUT2D eigenvalue weighted by atomic mass is 16.5. The molecule has 0 N–H and O–H groups in total. The molecule has 37 heavy (non-hydrogen) atoms. The molecule has 0 bridgehead atoms. The lowest BCUT2D eigenvalue weighted by Gasteiger charge is -2.28. The first-order chi connectivity index (χ1) is 18.3. The number of fused-ring (bicyclic) bond motifs is 1. The van der Waals surface area contributed by atoms with E-state index in [-0.39, 0.29) is 0 Å². The number of hydrogen-bond donors (Lipinski definition) is 0. The van der Waals surface area contributed by atoms with Crippen molar-refractivity contribution in [3.05, 3.63) is 84.4 Å². The zero-order valence-corrected chi connectivity index (χ0v) is 20.8. The van der Waals surface area contributed by atoms with E-state index in [2.05, 4.69) is 38.0 Å². The number of ether oxygens (including phenoxy) is 2. The molecule has 1 saturated heterocycles. The van der Waals surface area contributed by atoms with Crippen LogP contribution in [0.4, 0.5) is 17.5 Å². The summed E-state index contributed by atoms with van der Waals surface area (Å²) in [6.07, 6.45) is 10.1. The topological polar surface area (TPSA) is 76.5 Å². The van der Waals surface area contributed by atoms with Crippen molar-refractivity contribution in [3.63, 3.8) is 0 Å². The molecule has 2 aliphatic rings. The molecule has 0 spiro atoms. The molecule has 2 aliphatic heterocycles. The van der Waals surface area contributed by atoms with Gasteiger partial charge < -0.3 is 19.3 Å². The van der Waals surface area contributed by atoms with Gasteiger partial charge in [-0.2, -0.15) is 4.98 Å². The van der Waals surface area contributed by atoms with Gasteiger partial charge in [0.25, 0.3) is 0 Å². The van der Waals surface area contributed by atoms with Gasteiger partial charge in [-0.3, -0.25) is 9.97 Å². The SMILES string of the molecule is c1cncc(CCCOc2cccc(-c3nc(N4CCOCC4)nc4c3CCN4c3ccncc3)c2)c1. The van der Waals surface area contributed by atoms with E-state index in [0.717, 1.165) is 73.4 Å². The van der Waals surface area contributed by atoms with E-state index < -0.39 is 0 Å². The highest BCUT2D eigenvalue weighted by Gasteiger charge is 2.29. The number of pyridine rings is 2. The summed E-state index contributed by atoms with van der Waals surface area (Å²) < 4.78 is 11.7. The van der Waals surface area contributed by atoms with Crippen molar-refractivity contribution in [2.75, 3.05) is 49.3 Å². The van der Waals surface area contributed by atoms with Crippen molar-refractivity contribution in [2.45, 2.75) is 19.3 Å². The second-order valence-electron chi connectivity index (χ2n) is 9.22. The minimum atomic E-state index is 0.648. The van der Waals surface area contributed by atoms with Crippen LogP contribution in [0.3, 0.4) is 0 Å². The fourth-order valence-electron chi connectivity index (χ4n) is 4.91. The van der Waals surface area contributed by atoms with Crippen LogP contribution in [0.5, 0.6) is 5.75 Å². The van der Waals surface area contributed by atoms with E-state index >= 15 is 0 Å². The Balaban J connectivity index is 1.28. The molecule has 0 saturated carbocycles. The second kappa shape index (κ2) is 10.9. The van der Waals surface area contributed by atoms with E-state index in [4.69, 9.17) is 19.4 Å². The zero-order chi connectivity index (χ0) is 24.9. The summed E-state index contributed by atoms with van der Waals surface area (Å²) in [6, 6.07) is 16.4. The van der Waals surface area contributed by atoms with Gasteiger partial charge in [0.2, 0.25) is 5.95 Å². The molecule has 3 aromatic heterocycles. The fraction of sp³-hybridized carbons (Fsp3) is 0.310. The summed E-state index contributed by atoms with van der Waals surface area (Å²) in [4.78, 5) is 23.0. The van der Waals surface area contributed by atoms with Gasteiger partial charge in [-0.25, -0.2) is 4.98 Å². The maximum Gasteiger partial charge on any atom is 0.228 e. The van der Waals surface area contributed by atoms with E-state index in [1.807, 2.05) is 48.9 Å². The Morgan fingerprint density at radius 3 is 2.62 bits per heavy atom. The maximum absolute atomic E-state index is 6.14. The number of rotatable bonds is 8. The average molecular weight is 495 g/mol. The third-order valence-electron chi connectivity index (χ3n) is 6.79. The van der Waals surface area contributed by atoms with Crippen LogP contribution in [0.25, 0.3) is 11.3 Å². The molecule has 8 nitrogen and oxygen atoms in total. The molecule has 0 unspecified atom stereocenters. The number of morpholine rings is 1. The largest absolute Gasteiger partial charge is 0.494 e. The van der Waals surface area contributed by atoms with Crippen molar-refractivity contribution in [1.82, 2.24) is 19.9 Å². The number of hydrogen-bond acceptors (Lipinski definition) is 8. The van der Waals surface area contributed by atoms with E-state index in [9.17, 15) is 0 Å². The Hall–Kier alpha value is -4.04. The molecule has 1 aromatic carbocycles. The van der Waals surface area contributed by atoms with Crippen LogP contribution < -0.4 is 14.5 Å². The van der Waals surface area contributed by atoms with Crippen LogP contribution >= 0.6 is 0 Å². The normalized spacial score (nSPS) is 15.0. The van der Waals surface area contributed by atoms with Crippen LogP contribution in [-0.2, 0) is 17.6 Å². The van der Waals surface area contributed by atoms with Crippen molar-refractivity contribution in [3.8, 4) is 17.0 Å². The molecule has 0 atom stereocenters. The fourth-order valence-corrected chi connectivity index (χ4v) is 4.91. The predicted octanol–water partition coefficient (Wildman–Crippen LogP) is 4.48. The highest BCUT2D eigenvalue weighted by Crippen LogP contribution is 2.39. The van der Waals surface area contributed by atoms with Gasteiger partial charge in [-0.15, -0.1) is 0 Å². The van der Waals surface area contributed by atoms with Crippen molar-refractivity contribution >= 4 is 17.5 Å². The molecule has 1 fully saturated rings. The monoisotopic (exact) mass is 494 g/mol. The Bertz CT molecular complexity index is 1330. The minimum absolute atomic E-state index is 0.648. The smallest absolute Gasteiger partial charge is 0.228 e. The van der Waals surface area contributed by atoms with Crippen LogP contribution in [0.1, 0.15) is 17.5 Å². The first-order valence-corrected chi connectivity index (χ1v) is 12.9. The van der Waals surface area contributed by atoms with Crippen LogP contribution in [-0.4, -0.2) is 59.4 Å². The summed E-state index contributed by atoms with van der Waals surface area (Å²) in [5.74, 6) is 2.58. The standard InChI is InChI=1S/C29H30N6O2/c1-6-23(20-25(7-1)37-17-3-5-22-4-2-11-31-21-22)27-26-10-14-35(24-8-12-30-13-9-24)28(26)33-29(32-27)34-15-18-36-19-16-34/h1-2,4,6-9,11-13,20-21H,3,5,10,14-19H2. The molecule has 0 radical (unpaired) electrons. The van der Waals surface area contributed by atoms with Gasteiger partial charge in [-0.05, 0) is 55.2 Å². The lowest BCUT2D eigenvalue weighted by Crippen LogP contribution is -2.37. The third kappa shape index (κ3) is 5.24. The first-order valence-electron chi connectivity index (χ1n) is 12.9. The molecule has 8 heteroatoms. The van der Waals surface area contributed by atoms with E-state index in [1.54, 1.807) is 6.20 Å². The van der Waals surface area contributed by atoms with Gasteiger partial charge in [0.1, 0.15) is 11.6 Å². The van der Waals surface area contributed by atoms with E-state index in [1.165, 1.54) is 11.1 Å². The summed E-state index contributed by atoms with van der Waals surface area (Å²) >= 11 is 0. The Kier molecular flexibility index (Phi) is 6.90. The first kappa shape index (κ1) is 23.4. The van der Waals surface area contributed by atoms with Crippen molar-refractivity contribution in [1.29, 1.82) is 0 Å². The van der Waals surface area contributed by atoms with Crippen molar-refractivity contribution < 1.29 is 9.47 Å². The zero-order valence-electron chi connectivity index (χ0n) is 20.8. The predicted molar refractivity (Wildman–Crippen MR) is 143 cm³/mol. The van der Waals surface area contributed by atoms with Crippen LogP contribution in [0, 0.1) is 0 Å². The van der Waals surface area contributed by atoms with Gasteiger partial charge in [0.15, 0.2) is 0 Å².